The van der Waals surface area contributed by atoms with Crippen molar-refractivity contribution in [1.29, 1.82) is 0 Å². The van der Waals surface area contributed by atoms with Gasteiger partial charge in [0.2, 0.25) is 5.91 Å². The van der Waals surface area contributed by atoms with Crippen molar-refractivity contribution in [2.75, 3.05) is 13.7 Å². The number of methoxy groups -OCH3 is 1. The first kappa shape index (κ1) is 13.8. The minimum atomic E-state index is 0.0104. The van der Waals surface area contributed by atoms with E-state index in [2.05, 4.69) is 5.32 Å². The van der Waals surface area contributed by atoms with Crippen LogP contribution in [0.5, 0.6) is 5.75 Å². The number of ether oxygens (including phenoxy) is 1. The van der Waals surface area contributed by atoms with Crippen LogP contribution in [0.3, 0.4) is 0 Å². The van der Waals surface area contributed by atoms with E-state index in [1.807, 2.05) is 26.0 Å². The van der Waals surface area contributed by atoms with E-state index in [0.29, 0.717) is 18.0 Å². The Hall–Kier alpha value is -1.22. The van der Waals surface area contributed by atoms with Crippen molar-refractivity contribution in [3.63, 3.8) is 0 Å². The van der Waals surface area contributed by atoms with E-state index in [1.54, 1.807) is 13.2 Å². The summed E-state index contributed by atoms with van der Waals surface area (Å²) in [5, 5.41) is 3.54. The van der Waals surface area contributed by atoms with Crippen LogP contribution in [0.25, 0.3) is 0 Å². The van der Waals surface area contributed by atoms with E-state index < -0.39 is 0 Å². The second-order valence-electron chi connectivity index (χ2n) is 4.15. The fourth-order valence-corrected chi connectivity index (χ4v) is 1.66. The topological polar surface area (TPSA) is 38.3 Å². The Morgan fingerprint density at radius 3 is 2.76 bits per heavy atom. The Morgan fingerprint density at radius 2 is 2.18 bits per heavy atom. The lowest BCUT2D eigenvalue weighted by Gasteiger charge is -2.10. The molecule has 0 saturated carbocycles. The maximum atomic E-state index is 11.4. The molecule has 0 fully saturated rings. The predicted molar refractivity (Wildman–Crippen MR) is 69.6 cm³/mol. The summed E-state index contributed by atoms with van der Waals surface area (Å²) in [5.41, 5.74) is 1.00. The second-order valence-corrected chi connectivity index (χ2v) is 4.59. The molecule has 4 heteroatoms. The summed E-state index contributed by atoms with van der Waals surface area (Å²) in [6.45, 7) is 4.33. The molecule has 0 aliphatic heterocycles. The fourth-order valence-electron chi connectivity index (χ4n) is 1.47. The van der Waals surface area contributed by atoms with E-state index in [-0.39, 0.29) is 11.8 Å². The van der Waals surface area contributed by atoms with Crippen LogP contribution in [-0.4, -0.2) is 19.6 Å². The maximum absolute atomic E-state index is 11.4. The summed E-state index contributed by atoms with van der Waals surface area (Å²) < 4.78 is 5.23. The first-order chi connectivity index (χ1) is 8.04. The molecule has 0 saturated heterocycles. The normalized spacial score (nSPS) is 10.4. The smallest absolute Gasteiger partial charge is 0.222 e. The lowest BCUT2D eigenvalue weighted by molar-refractivity contribution is -0.123. The largest absolute Gasteiger partial charge is 0.496 e. The van der Waals surface area contributed by atoms with Gasteiger partial charge in [-0.1, -0.05) is 25.4 Å². The summed E-state index contributed by atoms with van der Waals surface area (Å²) in [5.74, 6) is 0.871. The van der Waals surface area contributed by atoms with Gasteiger partial charge < -0.3 is 10.1 Å². The molecule has 3 nitrogen and oxygen atoms in total. The van der Waals surface area contributed by atoms with Gasteiger partial charge in [-0.3, -0.25) is 4.79 Å². The van der Waals surface area contributed by atoms with Crippen molar-refractivity contribution >= 4 is 17.5 Å². The van der Waals surface area contributed by atoms with E-state index >= 15 is 0 Å². The molecule has 0 bridgehead atoms. The highest BCUT2D eigenvalue weighted by Crippen LogP contribution is 2.22. The van der Waals surface area contributed by atoms with E-state index in [1.165, 1.54) is 0 Å². The van der Waals surface area contributed by atoms with Gasteiger partial charge in [-0.15, -0.1) is 0 Å². The van der Waals surface area contributed by atoms with Crippen LogP contribution in [0.4, 0.5) is 0 Å². The molecule has 0 aliphatic rings. The molecule has 94 valence electrons. The molecule has 1 amide bonds. The van der Waals surface area contributed by atoms with Gasteiger partial charge >= 0.3 is 0 Å². The number of benzene rings is 1. The third-order valence-corrected chi connectivity index (χ3v) is 2.70. The molecule has 0 radical (unpaired) electrons. The van der Waals surface area contributed by atoms with Gasteiger partial charge in [-0.2, -0.15) is 0 Å². The minimum Gasteiger partial charge on any atom is -0.496 e. The van der Waals surface area contributed by atoms with Crippen LogP contribution in [0.15, 0.2) is 18.2 Å². The van der Waals surface area contributed by atoms with Gasteiger partial charge in [0.25, 0.3) is 0 Å². The number of rotatable bonds is 5. The van der Waals surface area contributed by atoms with E-state index in [9.17, 15) is 4.79 Å². The van der Waals surface area contributed by atoms with Gasteiger partial charge in [0.1, 0.15) is 5.75 Å². The molecular formula is C13H18ClNO2. The minimum absolute atomic E-state index is 0.0104. The third-order valence-electron chi connectivity index (χ3n) is 2.46. The highest BCUT2D eigenvalue weighted by atomic mass is 35.5. The summed E-state index contributed by atoms with van der Waals surface area (Å²) in [6.07, 6.45) is 0.711. The second kappa shape index (κ2) is 6.50. The van der Waals surface area contributed by atoms with Crippen molar-refractivity contribution in [3.8, 4) is 5.75 Å². The summed E-state index contributed by atoms with van der Waals surface area (Å²) in [7, 11) is 1.62. The highest BCUT2D eigenvalue weighted by molar-refractivity contribution is 6.30. The average Bonchev–Trinajstić information content (AvgIpc) is 2.29. The number of hydrogen-bond acceptors (Lipinski definition) is 2. The molecule has 0 heterocycles. The molecule has 0 spiro atoms. The van der Waals surface area contributed by atoms with Gasteiger partial charge in [-0.05, 0) is 30.2 Å². The lowest BCUT2D eigenvalue weighted by atomic mass is 10.1. The van der Waals surface area contributed by atoms with Crippen molar-refractivity contribution in [1.82, 2.24) is 5.32 Å². The third kappa shape index (κ3) is 4.27. The van der Waals surface area contributed by atoms with Crippen molar-refractivity contribution < 1.29 is 9.53 Å². The molecule has 0 aliphatic carbocycles. The molecular weight excluding hydrogens is 238 g/mol. The fraction of sp³-hybridized carbons (Fsp3) is 0.462. The lowest BCUT2D eigenvalue weighted by Crippen LogP contribution is -2.29. The first-order valence-corrected chi connectivity index (χ1v) is 6.02. The SMILES string of the molecule is COc1ccc(Cl)cc1CCNC(=O)C(C)C. The Labute approximate surface area is 107 Å². The monoisotopic (exact) mass is 255 g/mol. The Balaban J connectivity index is 2.56. The summed E-state index contributed by atoms with van der Waals surface area (Å²) >= 11 is 5.92. The number of carbonyl (C=O) groups excluding carboxylic acids is 1. The molecule has 0 aromatic heterocycles. The molecule has 0 atom stereocenters. The van der Waals surface area contributed by atoms with Gasteiger partial charge in [0.05, 0.1) is 7.11 Å². The highest BCUT2D eigenvalue weighted by Gasteiger charge is 2.07. The van der Waals surface area contributed by atoms with Crippen molar-refractivity contribution in [3.05, 3.63) is 28.8 Å². The van der Waals surface area contributed by atoms with Crippen LogP contribution in [0.2, 0.25) is 5.02 Å². The van der Waals surface area contributed by atoms with Crippen LogP contribution in [0.1, 0.15) is 19.4 Å². The van der Waals surface area contributed by atoms with Crippen LogP contribution >= 0.6 is 11.6 Å². The number of nitrogens with one attached hydrogen (secondary N) is 1. The number of hydrogen-bond donors (Lipinski definition) is 1. The Bertz CT molecular complexity index is 391. The van der Waals surface area contributed by atoms with Gasteiger partial charge in [0, 0.05) is 17.5 Å². The number of carbonyl (C=O) groups is 1. The number of amides is 1. The zero-order valence-corrected chi connectivity index (χ0v) is 11.2. The predicted octanol–water partition coefficient (Wildman–Crippen LogP) is 2.66. The maximum Gasteiger partial charge on any atom is 0.222 e. The number of halogens is 1. The first-order valence-electron chi connectivity index (χ1n) is 5.64. The Kier molecular flexibility index (Phi) is 5.29. The summed E-state index contributed by atoms with van der Waals surface area (Å²) in [4.78, 5) is 11.4. The van der Waals surface area contributed by atoms with Crippen molar-refractivity contribution in [2.45, 2.75) is 20.3 Å². The quantitative estimate of drug-likeness (QED) is 0.879. The van der Waals surface area contributed by atoms with Crippen LogP contribution in [-0.2, 0) is 11.2 Å². The molecule has 0 unspecified atom stereocenters. The van der Waals surface area contributed by atoms with Crippen LogP contribution < -0.4 is 10.1 Å². The van der Waals surface area contributed by atoms with Gasteiger partial charge in [-0.25, -0.2) is 0 Å². The van der Waals surface area contributed by atoms with Gasteiger partial charge in [0.15, 0.2) is 0 Å². The molecule has 1 N–H and O–H groups in total. The summed E-state index contributed by atoms with van der Waals surface area (Å²) in [6, 6.07) is 5.49. The average molecular weight is 256 g/mol. The molecule has 1 rings (SSSR count). The standard InChI is InChI=1S/C13H18ClNO2/c1-9(2)13(16)15-7-6-10-8-11(14)4-5-12(10)17-3/h4-5,8-9H,6-7H2,1-3H3,(H,15,16). The van der Waals surface area contributed by atoms with E-state index in [4.69, 9.17) is 16.3 Å². The zero-order valence-electron chi connectivity index (χ0n) is 10.4. The molecule has 1 aromatic carbocycles. The Morgan fingerprint density at radius 1 is 1.47 bits per heavy atom. The molecule has 17 heavy (non-hydrogen) atoms. The zero-order chi connectivity index (χ0) is 12.8. The van der Waals surface area contributed by atoms with Crippen molar-refractivity contribution in [2.24, 2.45) is 5.92 Å². The molecule has 1 aromatic rings. The van der Waals surface area contributed by atoms with Crippen LogP contribution in [0, 0.1) is 5.92 Å². The van der Waals surface area contributed by atoms with E-state index in [0.717, 1.165) is 11.3 Å².